The van der Waals surface area contributed by atoms with Crippen LogP contribution in [0.1, 0.15) is 22.7 Å². The Morgan fingerprint density at radius 2 is 1.48 bits per heavy atom. The quantitative estimate of drug-likeness (QED) is 0.595. The number of benzene rings is 3. The Bertz CT molecular complexity index is 1050. The lowest BCUT2D eigenvalue weighted by Crippen LogP contribution is -2.31. The SMILES string of the molecule is COc1ccc(-c2ccc(CC3NCCc4cc(OC)c(OC)cc43)cc2)c(OC)c1. The van der Waals surface area contributed by atoms with E-state index in [-0.39, 0.29) is 6.04 Å². The summed E-state index contributed by atoms with van der Waals surface area (Å²) in [6.45, 7) is 0.953. The molecule has 0 saturated heterocycles. The second-order valence-corrected chi connectivity index (χ2v) is 7.63. The van der Waals surface area contributed by atoms with Gasteiger partial charge >= 0.3 is 0 Å². The zero-order valence-corrected chi connectivity index (χ0v) is 18.5. The van der Waals surface area contributed by atoms with Gasteiger partial charge in [0.25, 0.3) is 0 Å². The second-order valence-electron chi connectivity index (χ2n) is 7.63. The number of ether oxygens (including phenoxy) is 4. The lowest BCUT2D eigenvalue weighted by atomic mass is 9.89. The van der Waals surface area contributed by atoms with E-state index in [1.54, 1.807) is 28.4 Å². The number of rotatable bonds is 7. The van der Waals surface area contributed by atoms with Crippen LogP contribution in [0.4, 0.5) is 0 Å². The first-order chi connectivity index (χ1) is 15.2. The highest BCUT2D eigenvalue weighted by atomic mass is 16.5. The van der Waals surface area contributed by atoms with Gasteiger partial charge in [-0.2, -0.15) is 0 Å². The van der Waals surface area contributed by atoms with E-state index < -0.39 is 0 Å². The molecule has 3 aromatic rings. The van der Waals surface area contributed by atoms with Crippen LogP contribution >= 0.6 is 0 Å². The summed E-state index contributed by atoms with van der Waals surface area (Å²) in [4.78, 5) is 0. The van der Waals surface area contributed by atoms with Crippen molar-refractivity contribution in [2.45, 2.75) is 18.9 Å². The van der Waals surface area contributed by atoms with Crippen LogP contribution in [0.25, 0.3) is 11.1 Å². The summed E-state index contributed by atoms with van der Waals surface area (Å²) in [6.07, 6.45) is 1.89. The minimum absolute atomic E-state index is 0.241. The Hall–Kier alpha value is -3.18. The molecule has 0 spiro atoms. The Balaban J connectivity index is 1.57. The molecule has 0 radical (unpaired) electrons. The van der Waals surface area contributed by atoms with Gasteiger partial charge in [0, 0.05) is 17.7 Å². The van der Waals surface area contributed by atoms with Gasteiger partial charge in [0.05, 0.1) is 28.4 Å². The van der Waals surface area contributed by atoms with Gasteiger partial charge in [-0.1, -0.05) is 24.3 Å². The van der Waals surface area contributed by atoms with Crippen molar-refractivity contribution >= 4 is 0 Å². The highest BCUT2D eigenvalue weighted by molar-refractivity contribution is 5.71. The van der Waals surface area contributed by atoms with Gasteiger partial charge in [-0.15, -0.1) is 0 Å². The van der Waals surface area contributed by atoms with Crippen molar-refractivity contribution in [3.8, 4) is 34.1 Å². The van der Waals surface area contributed by atoms with Crippen molar-refractivity contribution in [2.24, 2.45) is 0 Å². The van der Waals surface area contributed by atoms with Crippen molar-refractivity contribution in [3.05, 3.63) is 71.3 Å². The molecular formula is C26H29NO4. The molecule has 5 heteroatoms. The molecule has 4 rings (SSSR count). The molecule has 0 aromatic heterocycles. The summed E-state index contributed by atoms with van der Waals surface area (Å²) < 4.78 is 21.9. The first kappa shape index (κ1) is 21.1. The zero-order valence-electron chi connectivity index (χ0n) is 18.5. The fraction of sp³-hybridized carbons (Fsp3) is 0.308. The third-order valence-electron chi connectivity index (χ3n) is 5.92. The van der Waals surface area contributed by atoms with Gasteiger partial charge in [0.2, 0.25) is 0 Å². The van der Waals surface area contributed by atoms with Crippen LogP contribution in [0.3, 0.4) is 0 Å². The Labute approximate surface area is 183 Å². The molecule has 3 aromatic carbocycles. The monoisotopic (exact) mass is 419 g/mol. The summed E-state index contributed by atoms with van der Waals surface area (Å²) in [5.74, 6) is 3.15. The fourth-order valence-electron chi connectivity index (χ4n) is 4.24. The number of hydrogen-bond donors (Lipinski definition) is 1. The van der Waals surface area contributed by atoms with Crippen LogP contribution in [0.15, 0.2) is 54.6 Å². The van der Waals surface area contributed by atoms with E-state index in [9.17, 15) is 0 Å². The van der Waals surface area contributed by atoms with Crippen molar-refractivity contribution in [3.63, 3.8) is 0 Å². The number of nitrogens with one attached hydrogen (secondary N) is 1. The van der Waals surface area contributed by atoms with Crippen LogP contribution in [0, 0.1) is 0 Å². The lowest BCUT2D eigenvalue weighted by Gasteiger charge is -2.28. The minimum Gasteiger partial charge on any atom is -0.497 e. The predicted molar refractivity (Wildman–Crippen MR) is 123 cm³/mol. The zero-order chi connectivity index (χ0) is 21.8. The van der Waals surface area contributed by atoms with Crippen LogP contribution in [-0.4, -0.2) is 35.0 Å². The van der Waals surface area contributed by atoms with E-state index in [1.165, 1.54) is 16.7 Å². The molecule has 1 unspecified atom stereocenters. The average Bonchev–Trinajstić information content (AvgIpc) is 2.83. The van der Waals surface area contributed by atoms with Gasteiger partial charge in [-0.05, 0) is 65.9 Å². The molecule has 0 saturated carbocycles. The molecule has 0 amide bonds. The lowest BCUT2D eigenvalue weighted by molar-refractivity contribution is 0.352. The third kappa shape index (κ3) is 4.32. The van der Waals surface area contributed by atoms with Crippen LogP contribution < -0.4 is 24.3 Å². The summed E-state index contributed by atoms with van der Waals surface area (Å²) in [5.41, 5.74) is 6.04. The van der Waals surface area contributed by atoms with E-state index in [2.05, 4.69) is 41.7 Å². The number of hydrogen-bond acceptors (Lipinski definition) is 5. The maximum absolute atomic E-state index is 5.56. The normalized spacial score (nSPS) is 15.2. The molecule has 31 heavy (non-hydrogen) atoms. The summed E-state index contributed by atoms with van der Waals surface area (Å²) in [6, 6.07) is 19.0. The molecule has 1 aliphatic rings. The van der Waals surface area contributed by atoms with Crippen LogP contribution in [0.5, 0.6) is 23.0 Å². The number of methoxy groups -OCH3 is 4. The summed E-state index contributed by atoms with van der Waals surface area (Å²) >= 11 is 0. The van der Waals surface area contributed by atoms with Crippen molar-refractivity contribution in [2.75, 3.05) is 35.0 Å². The molecule has 1 N–H and O–H groups in total. The van der Waals surface area contributed by atoms with Crippen molar-refractivity contribution in [1.82, 2.24) is 5.32 Å². The standard InChI is InChI=1S/C26H29NO4/c1-28-20-9-10-21(24(15-20)29-2)18-7-5-17(6-8-18)13-23-22-16-26(31-4)25(30-3)14-19(22)11-12-27-23/h5-10,14-16,23,27H,11-13H2,1-4H3. The topological polar surface area (TPSA) is 49.0 Å². The Morgan fingerprint density at radius 3 is 2.16 bits per heavy atom. The maximum atomic E-state index is 5.56. The highest BCUT2D eigenvalue weighted by Gasteiger charge is 2.23. The van der Waals surface area contributed by atoms with E-state index in [4.69, 9.17) is 18.9 Å². The molecule has 0 aliphatic carbocycles. The fourth-order valence-corrected chi connectivity index (χ4v) is 4.24. The predicted octanol–water partition coefficient (Wildman–Crippen LogP) is 4.82. The van der Waals surface area contributed by atoms with Crippen molar-refractivity contribution in [1.29, 1.82) is 0 Å². The minimum atomic E-state index is 0.241. The molecule has 1 aliphatic heterocycles. The smallest absolute Gasteiger partial charge is 0.161 e. The van der Waals surface area contributed by atoms with Gasteiger partial charge in [0.15, 0.2) is 11.5 Å². The maximum Gasteiger partial charge on any atom is 0.161 e. The van der Waals surface area contributed by atoms with E-state index in [1.807, 2.05) is 18.2 Å². The Kier molecular flexibility index (Phi) is 6.33. The molecular weight excluding hydrogens is 390 g/mol. The molecule has 0 fully saturated rings. The van der Waals surface area contributed by atoms with Crippen molar-refractivity contribution < 1.29 is 18.9 Å². The molecule has 1 atom stereocenters. The van der Waals surface area contributed by atoms with Gasteiger partial charge in [-0.3, -0.25) is 0 Å². The van der Waals surface area contributed by atoms with Gasteiger partial charge in [0.1, 0.15) is 11.5 Å². The summed E-state index contributed by atoms with van der Waals surface area (Å²) in [5, 5.41) is 3.66. The molecule has 5 nitrogen and oxygen atoms in total. The first-order valence-electron chi connectivity index (χ1n) is 10.5. The molecule has 1 heterocycles. The van der Waals surface area contributed by atoms with E-state index >= 15 is 0 Å². The van der Waals surface area contributed by atoms with Gasteiger partial charge < -0.3 is 24.3 Å². The number of fused-ring (bicyclic) bond motifs is 1. The van der Waals surface area contributed by atoms with Crippen LogP contribution in [0.2, 0.25) is 0 Å². The van der Waals surface area contributed by atoms with Crippen LogP contribution in [-0.2, 0) is 12.8 Å². The average molecular weight is 420 g/mol. The molecule has 0 bridgehead atoms. The Morgan fingerprint density at radius 1 is 0.774 bits per heavy atom. The second kappa shape index (κ2) is 9.31. The first-order valence-corrected chi connectivity index (χ1v) is 10.5. The molecule has 162 valence electrons. The largest absolute Gasteiger partial charge is 0.497 e. The van der Waals surface area contributed by atoms with E-state index in [0.29, 0.717) is 0 Å². The summed E-state index contributed by atoms with van der Waals surface area (Å²) in [7, 11) is 6.71. The van der Waals surface area contributed by atoms with Gasteiger partial charge in [-0.25, -0.2) is 0 Å². The third-order valence-corrected chi connectivity index (χ3v) is 5.92. The highest BCUT2D eigenvalue weighted by Crippen LogP contribution is 2.37. The van der Waals surface area contributed by atoms with E-state index in [0.717, 1.165) is 53.5 Å².